The van der Waals surface area contributed by atoms with Gasteiger partial charge in [-0.2, -0.15) is 0 Å². The highest BCUT2D eigenvalue weighted by molar-refractivity contribution is 6.35. The van der Waals surface area contributed by atoms with Crippen molar-refractivity contribution in [2.75, 3.05) is 0 Å². The highest BCUT2D eigenvalue weighted by atomic mass is 35.5. The standard InChI is InChI=1S/C13H14ClNO/c1-2-3-4-9-7-10-11(14)5-6-12(16)13(10)15-8-9/h5-8,16H,2-4H2,1H3. The SMILES string of the molecule is CCCCc1cnc2c(O)ccc(Cl)c2c1. The molecule has 0 radical (unpaired) electrons. The highest BCUT2D eigenvalue weighted by Crippen LogP contribution is 2.29. The molecule has 1 aromatic heterocycles. The summed E-state index contributed by atoms with van der Waals surface area (Å²) in [5, 5.41) is 11.1. The lowest BCUT2D eigenvalue weighted by Gasteiger charge is -2.05. The first-order chi connectivity index (χ1) is 7.72. The number of fused-ring (bicyclic) bond motifs is 1. The summed E-state index contributed by atoms with van der Waals surface area (Å²) in [7, 11) is 0. The van der Waals surface area contributed by atoms with Gasteiger partial charge < -0.3 is 5.11 Å². The molecule has 1 aromatic carbocycles. The molecule has 2 aromatic rings. The lowest BCUT2D eigenvalue weighted by atomic mass is 10.1. The van der Waals surface area contributed by atoms with E-state index in [0.29, 0.717) is 10.5 Å². The van der Waals surface area contributed by atoms with Gasteiger partial charge in [-0.15, -0.1) is 0 Å². The molecule has 0 fully saturated rings. The van der Waals surface area contributed by atoms with Gasteiger partial charge in [0, 0.05) is 11.6 Å². The molecule has 3 heteroatoms. The van der Waals surface area contributed by atoms with Crippen molar-refractivity contribution >= 4 is 22.5 Å². The maximum Gasteiger partial charge on any atom is 0.141 e. The number of phenolic OH excluding ortho intramolecular Hbond substituents is 1. The van der Waals surface area contributed by atoms with Gasteiger partial charge in [-0.25, -0.2) is 0 Å². The minimum absolute atomic E-state index is 0.182. The van der Waals surface area contributed by atoms with Gasteiger partial charge >= 0.3 is 0 Å². The van der Waals surface area contributed by atoms with Crippen molar-refractivity contribution in [1.82, 2.24) is 4.98 Å². The van der Waals surface area contributed by atoms with E-state index in [0.717, 1.165) is 24.6 Å². The van der Waals surface area contributed by atoms with Crippen LogP contribution in [0.3, 0.4) is 0 Å². The van der Waals surface area contributed by atoms with E-state index in [1.54, 1.807) is 12.1 Å². The number of aryl methyl sites for hydroxylation is 1. The molecule has 2 rings (SSSR count). The van der Waals surface area contributed by atoms with Crippen LogP contribution in [0.25, 0.3) is 10.9 Å². The second kappa shape index (κ2) is 4.71. The van der Waals surface area contributed by atoms with Crippen LogP contribution in [0.5, 0.6) is 5.75 Å². The number of nitrogens with zero attached hydrogens (tertiary/aromatic N) is 1. The molecule has 16 heavy (non-hydrogen) atoms. The summed E-state index contributed by atoms with van der Waals surface area (Å²) in [6.07, 6.45) is 5.12. The Balaban J connectivity index is 2.48. The summed E-state index contributed by atoms with van der Waals surface area (Å²) in [6.45, 7) is 2.16. The quantitative estimate of drug-likeness (QED) is 0.874. The fourth-order valence-corrected chi connectivity index (χ4v) is 1.94. The van der Waals surface area contributed by atoms with Crippen LogP contribution in [0.2, 0.25) is 5.02 Å². The number of hydrogen-bond donors (Lipinski definition) is 1. The number of benzene rings is 1. The van der Waals surface area contributed by atoms with Crippen molar-refractivity contribution < 1.29 is 5.11 Å². The smallest absolute Gasteiger partial charge is 0.141 e. The van der Waals surface area contributed by atoms with Crippen LogP contribution < -0.4 is 0 Å². The zero-order valence-corrected chi connectivity index (χ0v) is 9.96. The molecule has 0 saturated heterocycles. The van der Waals surface area contributed by atoms with Gasteiger partial charge in [0.05, 0.1) is 5.02 Å². The first-order valence-corrected chi connectivity index (χ1v) is 5.86. The molecule has 0 spiro atoms. The average Bonchev–Trinajstić information content (AvgIpc) is 2.31. The topological polar surface area (TPSA) is 33.1 Å². The molecule has 0 atom stereocenters. The third kappa shape index (κ3) is 2.12. The van der Waals surface area contributed by atoms with Gasteiger partial charge in [0.2, 0.25) is 0 Å². The van der Waals surface area contributed by atoms with Crippen LogP contribution in [-0.2, 0) is 6.42 Å². The molecule has 0 bridgehead atoms. The van der Waals surface area contributed by atoms with Gasteiger partial charge in [0.1, 0.15) is 11.3 Å². The normalized spacial score (nSPS) is 10.9. The zero-order chi connectivity index (χ0) is 11.5. The maximum absolute atomic E-state index is 9.64. The summed E-state index contributed by atoms with van der Waals surface area (Å²) in [4.78, 5) is 4.26. The third-order valence-electron chi connectivity index (χ3n) is 2.65. The van der Waals surface area contributed by atoms with Crippen molar-refractivity contribution in [2.45, 2.75) is 26.2 Å². The number of hydrogen-bond acceptors (Lipinski definition) is 2. The van der Waals surface area contributed by atoms with E-state index in [1.807, 2.05) is 12.3 Å². The Morgan fingerprint density at radius 3 is 2.94 bits per heavy atom. The van der Waals surface area contributed by atoms with E-state index < -0.39 is 0 Å². The molecule has 0 amide bonds. The van der Waals surface area contributed by atoms with Crippen molar-refractivity contribution in [3.63, 3.8) is 0 Å². The molecule has 2 nitrogen and oxygen atoms in total. The molecule has 0 unspecified atom stereocenters. The number of halogens is 1. The Labute approximate surface area is 99.9 Å². The second-order valence-electron chi connectivity index (χ2n) is 3.91. The Kier molecular flexibility index (Phi) is 3.30. The Bertz CT molecular complexity index is 511. The number of aromatic nitrogens is 1. The summed E-state index contributed by atoms with van der Waals surface area (Å²) < 4.78 is 0. The van der Waals surface area contributed by atoms with Crippen LogP contribution in [0.4, 0.5) is 0 Å². The minimum Gasteiger partial charge on any atom is -0.506 e. The first-order valence-electron chi connectivity index (χ1n) is 5.48. The number of pyridine rings is 1. The number of phenols is 1. The highest BCUT2D eigenvalue weighted by Gasteiger charge is 2.06. The van der Waals surface area contributed by atoms with Crippen LogP contribution in [0, 0.1) is 0 Å². The maximum atomic E-state index is 9.64. The van der Waals surface area contributed by atoms with Gasteiger partial charge in [0.15, 0.2) is 0 Å². The fraction of sp³-hybridized carbons (Fsp3) is 0.308. The Hall–Kier alpha value is -1.28. The van der Waals surface area contributed by atoms with Crippen LogP contribution in [0.1, 0.15) is 25.3 Å². The predicted octanol–water partition coefficient (Wildman–Crippen LogP) is 3.94. The van der Waals surface area contributed by atoms with Gasteiger partial charge in [-0.1, -0.05) is 24.9 Å². The first kappa shape index (κ1) is 11.2. The molecular formula is C13H14ClNO. The van der Waals surface area contributed by atoms with E-state index >= 15 is 0 Å². The lowest BCUT2D eigenvalue weighted by Crippen LogP contribution is -1.88. The van der Waals surface area contributed by atoms with Crippen molar-refractivity contribution in [3.05, 3.63) is 35.0 Å². The molecule has 0 saturated carbocycles. The van der Waals surface area contributed by atoms with Gasteiger partial charge in [0.25, 0.3) is 0 Å². The molecule has 1 heterocycles. The third-order valence-corrected chi connectivity index (χ3v) is 2.98. The largest absolute Gasteiger partial charge is 0.506 e. The molecule has 0 aliphatic carbocycles. The average molecular weight is 236 g/mol. The lowest BCUT2D eigenvalue weighted by molar-refractivity contribution is 0.480. The van der Waals surface area contributed by atoms with Crippen LogP contribution in [-0.4, -0.2) is 10.1 Å². The summed E-state index contributed by atoms with van der Waals surface area (Å²) in [6, 6.07) is 5.29. The van der Waals surface area contributed by atoms with Crippen LogP contribution >= 0.6 is 11.6 Å². The van der Waals surface area contributed by atoms with E-state index in [4.69, 9.17) is 11.6 Å². The van der Waals surface area contributed by atoms with E-state index in [-0.39, 0.29) is 5.75 Å². The summed E-state index contributed by atoms with van der Waals surface area (Å²) >= 11 is 6.08. The molecular weight excluding hydrogens is 222 g/mol. The van der Waals surface area contributed by atoms with E-state index in [2.05, 4.69) is 11.9 Å². The number of aromatic hydroxyl groups is 1. The van der Waals surface area contributed by atoms with Crippen LogP contribution in [0.15, 0.2) is 24.4 Å². The summed E-state index contributed by atoms with van der Waals surface area (Å²) in [5.41, 5.74) is 1.74. The predicted molar refractivity (Wildman–Crippen MR) is 67.0 cm³/mol. The molecule has 1 N–H and O–H groups in total. The van der Waals surface area contributed by atoms with E-state index in [1.165, 1.54) is 5.56 Å². The monoisotopic (exact) mass is 235 g/mol. The Morgan fingerprint density at radius 1 is 1.38 bits per heavy atom. The van der Waals surface area contributed by atoms with Gasteiger partial charge in [-0.3, -0.25) is 4.98 Å². The zero-order valence-electron chi connectivity index (χ0n) is 9.20. The van der Waals surface area contributed by atoms with Crippen molar-refractivity contribution in [2.24, 2.45) is 0 Å². The summed E-state index contributed by atoms with van der Waals surface area (Å²) in [5.74, 6) is 0.182. The molecule has 0 aliphatic rings. The minimum atomic E-state index is 0.182. The van der Waals surface area contributed by atoms with Gasteiger partial charge in [-0.05, 0) is 36.6 Å². The second-order valence-corrected chi connectivity index (χ2v) is 4.32. The Morgan fingerprint density at radius 2 is 2.19 bits per heavy atom. The molecule has 84 valence electrons. The van der Waals surface area contributed by atoms with E-state index in [9.17, 15) is 5.11 Å². The molecule has 0 aliphatic heterocycles. The number of rotatable bonds is 3. The number of unbranched alkanes of at least 4 members (excludes halogenated alkanes) is 1. The van der Waals surface area contributed by atoms with Crippen molar-refractivity contribution in [3.8, 4) is 5.75 Å². The fourth-order valence-electron chi connectivity index (χ4n) is 1.73. The van der Waals surface area contributed by atoms with Crippen molar-refractivity contribution in [1.29, 1.82) is 0 Å².